The zero-order valence-corrected chi connectivity index (χ0v) is 9.47. The Morgan fingerprint density at radius 1 is 1.00 bits per heavy atom. The van der Waals surface area contributed by atoms with Crippen molar-refractivity contribution >= 4 is 45.9 Å². The summed E-state index contributed by atoms with van der Waals surface area (Å²) in [5.41, 5.74) is 0.587. The Kier molecular flexibility index (Phi) is 2.76. The van der Waals surface area contributed by atoms with Crippen molar-refractivity contribution in [1.82, 2.24) is 0 Å². The summed E-state index contributed by atoms with van der Waals surface area (Å²) in [6.45, 7) is 0. The SMILES string of the molecule is OB(O)c1c(I)ccc2ccccc12. The molecule has 2 rings (SSSR count). The van der Waals surface area contributed by atoms with Crippen LogP contribution in [0.1, 0.15) is 0 Å². The summed E-state index contributed by atoms with van der Waals surface area (Å²) in [6, 6.07) is 11.5. The van der Waals surface area contributed by atoms with E-state index in [4.69, 9.17) is 0 Å². The predicted molar refractivity (Wildman–Crippen MR) is 66.5 cm³/mol. The first-order valence-corrected chi connectivity index (χ1v) is 5.31. The molecule has 2 aromatic carbocycles. The normalized spacial score (nSPS) is 10.5. The van der Waals surface area contributed by atoms with E-state index in [1.807, 2.05) is 36.4 Å². The molecule has 0 aromatic heterocycles. The van der Waals surface area contributed by atoms with Crippen LogP contribution in [0.2, 0.25) is 0 Å². The van der Waals surface area contributed by atoms with Crippen LogP contribution < -0.4 is 5.46 Å². The van der Waals surface area contributed by atoms with Gasteiger partial charge in [0.15, 0.2) is 0 Å². The highest BCUT2D eigenvalue weighted by molar-refractivity contribution is 14.1. The molecule has 14 heavy (non-hydrogen) atoms. The first-order valence-electron chi connectivity index (χ1n) is 4.23. The highest BCUT2D eigenvalue weighted by Crippen LogP contribution is 2.15. The summed E-state index contributed by atoms with van der Waals surface area (Å²) >= 11 is 2.10. The second kappa shape index (κ2) is 3.88. The molecule has 2 N–H and O–H groups in total. The molecule has 0 saturated heterocycles. The van der Waals surface area contributed by atoms with Crippen molar-refractivity contribution in [2.45, 2.75) is 0 Å². The number of fused-ring (bicyclic) bond motifs is 1. The largest absolute Gasteiger partial charge is 0.490 e. The molecule has 70 valence electrons. The predicted octanol–water partition coefficient (Wildman–Crippen LogP) is 1.12. The van der Waals surface area contributed by atoms with Crippen LogP contribution >= 0.6 is 22.6 Å². The van der Waals surface area contributed by atoms with Crippen molar-refractivity contribution in [3.63, 3.8) is 0 Å². The van der Waals surface area contributed by atoms with Gasteiger partial charge in [-0.15, -0.1) is 0 Å². The van der Waals surface area contributed by atoms with Crippen LogP contribution in [0.5, 0.6) is 0 Å². The Morgan fingerprint density at radius 3 is 2.43 bits per heavy atom. The number of rotatable bonds is 1. The molecule has 2 aromatic rings. The van der Waals surface area contributed by atoms with Gasteiger partial charge >= 0.3 is 7.12 Å². The van der Waals surface area contributed by atoms with Gasteiger partial charge in [-0.3, -0.25) is 0 Å². The van der Waals surface area contributed by atoms with Crippen molar-refractivity contribution in [2.24, 2.45) is 0 Å². The standard InChI is InChI=1S/C10H8BIO2/c12-9-6-5-7-3-1-2-4-8(7)10(9)11(13)14/h1-6,13-14H. The van der Waals surface area contributed by atoms with E-state index in [9.17, 15) is 10.0 Å². The summed E-state index contributed by atoms with van der Waals surface area (Å²) in [6.07, 6.45) is 0. The molecule has 0 fully saturated rings. The minimum Gasteiger partial charge on any atom is -0.423 e. The molecule has 0 radical (unpaired) electrons. The maximum absolute atomic E-state index is 9.25. The van der Waals surface area contributed by atoms with E-state index in [2.05, 4.69) is 22.6 Å². The number of hydrogen-bond donors (Lipinski definition) is 2. The molecular formula is C10H8BIO2. The number of halogens is 1. The maximum Gasteiger partial charge on any atom is 0.490 e. The van der Waals surface area contributed by atoms with Gasteiger partial charge in [-0.05, 0) is 39.4 Å². The molecule has 2 nitrogen and oxygen atoms in total. The van der Waals surface area contributed by atoms with Crippen LogP contribution in [0.4, 0.5) is 0 Å². The van der Waals surface area contributed by atoms with Gasteiger partial charge in [0.1, 0.15) is 0 Å². The van der Waals surface area contributed by atoms with Crippen LogP contribution in [0.3, 0.4) is 0 Å². The molecule has 0 spiro atoms. The Morgan fingerprint density at radius 2 is 1.71 bits per heavy atom. The van der Waals surface area contributed by atoms with Crippen molar-refractivity contribution < 1.29 is 10.0 Å². The molecule has 0 atom stereocenters. The molecule has 0 bridgehead atoms. The molecular weight excluding hydrogens is 290 g/mol. The first kappa shape index (κ1) is 9.95. The minimum atomic E-state index is -1.41. The minimum absolute atomic E-state index is 0.587. The number of benzene rings is 2. The van der Waals surface area contributed by atoms with Gasteiger partial charge in [0, 0.05) is 9.03 Å². The first-order chi connectivity index (χ1) is 6.70. The van der Waals surface area contributed by atoms with Crippen LogP contribution in [0.15, 0.2) is 36.4 Å². The quantitative estimate of drug-likeness (QED) is 0.612. The average Bonchev–Trinajstić information content (AvgIpc) is 2.17. The van der Waals surface area contributed by atoms with Crippen molar-refractivity contribution in [3.05, 3.63) is 40.0 Å². The van der Waals surface area contributed by atoms with Gasteiger partial charge in [0.05, 0.1) is 0 Å². The summed E-state index contributed by atoms with van der Waals surface area (Å²) in [5.74, 6) is 0. The average molecular weight is 298 g/mol. The van der Waals surface area contributed by atoms with E-state index in [0.29, 0.717) is 5.46 Å². The molecule has 0 aliphatic rings. The Labute approximate surface area is 95.9 Å². The third-order valence-electron chi connectivity index (χ3n) is 2.18. The molecule has 0 aliphatic heterocycles. The van der Waals surface area contributed by atoms with Crippen molar-refractivity contribution in [1.29, 1.82) is 0 Å². The fourth-order valence-electron chi connectivity index (χ4n) is 1.53. The van der Waals surface area contributed by atoms with Crippen LogP contribution in [0, 0.1) is 3.57 Å². The van der Waals surface area contributed by atoms with Gasteiger partial charge < -0.3 is 10.0 Å². The van der Waals surface area contributed by atoms with Gasteiger partial charge in [0.2, 0.25) is 0 Å². The zero-order valence-electron chi connectivity index (χ0n) is 7.31. The molecule has 0 aliphatic carbocycles. The summed E-state index contributed by atoms with van der Waals surface area (Å²) in [5, 5.41) is 20.4. The highest BCUT2D eigenvalue weighted by atomic mass is 127. The lowest BCUT2D eigenvalue weighted by molar-refractivity contribution is 0.426. The van der Waals surface area contributed by atoms with E-state index < -0.39 is 7.12 Å². The highest BCUT2D eigenvalue weighted by Gasteiger charge is 2.17. The molecule has 0 heterocycles. The molecule has 0 unspecified atom stereocenters. The van der Waals surface area contributed by atoms with Crippen LogP contribution in [0.25, 0.3) is 10.8 Å². The zero-order chi connectivity index (χ0) is 10.1. The summed E-state index contributed by atoms with van der Waals surface area (Å²) < 4.78 is 0.872. The molecule has 0 saturated carbocycles. The van der Waals surface area contributed by atoms with E-state index in [1.165, 1.54) is 0 Å². The molecule has 4 heteroatoms. The van der Waals surface area contributed by atoms with Gasteiger partial charge in [0.25, 0.3) is 0 Å². The summed E-state index contributed by atoms with van der Waals surface area (Å²) in [4.78, 5) is 0. The lowest BCUT2D eigenvalue weighted by atomic mass is 9.77. The van der Waals surface area contributed by atoms with E-state index in [-0.39, 0.29) is 0 Å². The van der Waals surface area contributed by atoms with Crippen LogP contribution in [-0.2, 0) is 0 Å². The van der Waals surface area contributed by atoms with Crippen LogP contribution in [-0.4, -0.2) is 17.2 Å². The van der Waals surface area contributed by atoms with E-state index in [1.54, 1.807) is 0 Å². The summed E-state index contributed by atoms with van der Waals surface area (Å²) in [7, 11) is -1.41. The monoisotopic (exact) mass is 298 g/mol. The fourth-order valence-corrected chi connectivity index (χ4v) is 2.28. The Bertz CT molecular complexity index is 471. The van der Waals surface area contributed by atoms with Crippen molar-refractivity contribution in [2.75, 3.05) is 0 Å². The number of hydrogen-bond acceptors (Lipinski definition) is 2. The third kappa shape index (κ3) is 1.65. The maximum atomic E-state index is 9.25. The van der Waals surface area contributed by atoms with E-state index >= 15 is 0 Å². The lowest BCUT2D eigenvalue weighted by Gasteiger charge is -2.07. The van der Waals surface area contributed by atoms with Gasteiger partial charge in [-0.1, -0.05) is 30.3 Å². The topological polar surface area (TPSA) is 40.5 Å². The third-order valence-corrected chi connectivity index (χ3v) is 3.12. The molecule has 0 amide bonds. The second-order valence-corrected chi connectivity index (χ2v) is 4.22. The van der Waals surface area contributed by atoms with Crippen molar-refractivity contribution in [3.8, 4) is 0 Å². The lowest BCUT2D eigenvalue weighted by Crippen LogP contribution is -2.33. The van der Waals surface area contributed by atoms with Gasteiger partial charge in [-0.25, -0.2) is 0 Å². The smallest absolute Gasteiger partial charge is 0.423 e. The van der Waals surface area contributed by atoms with E-state index in [0.717, 1.165) is 14.3 Å². The second-order valence-electron chi connectivity index (χ2n) is 3.06. The Hall–Kier alpha value is -0.585. The fraction of sp³-hybridized carbons (Fsp3) is 0. The van der Waals surface area contributed by atoms with Gasteiger partial charge in [-0.2, -0.15) is 0 Å². The Balaban J connectivity index is 2.83.